The van der Waals surface area contributed by atoms with E-state index in [0.29, 0.717) is 5.56 Å². The summed E-state index contributed by atoms with van der Waals surface area (Å²) in [4.78, 5) is 0.0772. The maximum Gasteiger partial charge on any atom is 0.265 e. The highest BCUT2D eigenvalue weighted by Gasteiger charge is 2.23. The molecule has 22 heavy (non-hydrogen) atoms. The van der Waals surface area contributed by atoms with Gasteiger partial charge in [0.25, 0.3) is 10.0 Å². The summed E-state index contributed by atoms with van der Waals surface area (Å²) in [6, 6.07) is 11.8. The second kappa shape index (κ2) is 6.08. The van der Waals surface area contributed by atoms with E-state index in [1.165, 1.54) is 7.11 Å². The topological polar surface area (TPSA) is 79.2 Å². The normalized spacial score (nSPS) is 10.8. The number of aryl methyl sites for hydroxylation is 2. The monoisotopic (exact) mass is 316 g/mol. The average molecular weight is 316 g/mol. The van der Waals surface area contributed by atoms with Gasteiger partial charge in [0, 0.05) is 0 Å². The number of anilines is 1. The van der Waals surface area contributed by atoms with Crippen LogP contribution in [0, 0.1) is 25.2 Å². The zero-order valence-corrected chi connectivity index (χ0v) is 13.4. The number of hydrogen-bond acceptors (Lipinski definition) is 4. The van der Waals surface area contributed by atoms with Gasteiger partial charge in [-0.1, -0.05) is 18.2 Å². The van der Waals surface area contributed by atoms with Gasteiger partial charge in [0.1, 0.15) is 16.7 Å². The molecule has 0 unspecified atom stereocenters. The summed E-state index contributed by atoms with van der Waals surface area (Å²) in [5.41, 5.74) is 1.99. The number of rotatable bonds is 4. The first-order valence-electron chi connectivity index (χ1n) is 6.56. The number of ether oxygens (including phenoxy) is 1. The van der Waals surface area contributed by atoms with E-state index in [2.05, 4.69) is 4.72 Å². The van der Waals surface area contributed by atoms with Crippen molar-refractivity contribution >= 4 is 15.7 Å². The van der Waals surface area contributed by atoms with Gasteiger partial charge in [0.2, 0.25) is 0 Å². The molecule has 0 atom stereocenters. The van der Waals surface area contributed by atoms with Crippen LogP contribution in [0.1, 0.15) is 16.7 Å². The first-order chi connectivity index (χ1) is 10.4. The van der Waals surface area contributed by atoms with Crippen LogP contribution in [0.15, 0.2) is 41.3 Å². The maximum absolute atomic E-state index is 12.7. The van der Waals surface area contributed by atoms with E-state index in [1.807, 2.05) is 13.0 Å². The molecule has 0 aliphatic heterocycles. The summed E-state index contributed by atoms with van der Waals surface area (Å²) in [6.45, 7) is 3.57. The van der Waals surface area contributed by atoms with Gasteiger partial charge in [-0.05, 0) is 43.2 Å². The lowest BCUT2D eigenvalue weighted by Gasteiger charge is -2.15. The van der Waals surface area contributed by atoms with Crippen molar-refractivity contribution in [2.75, 3.05) is 11.8 Å². The fourth-order valence-corrected chi connectivity index (χ4v) is 3.74. The van der Waals surface area contributed by atoms with Gasteiger partial charge < -0.3 is 4.74 Å². The number of nitrogens with zero attached hydrogens (tertiary/aromatic N) is 1. The molecule has 0 radical (unpaired) electrons. The number of benzene rings is 2. The largest absolute Gasteiger partial charge is 0.495 e. The molecule has 0 spiro atoms. The Morgan fingerprint density at radius 3 is 2.50 bits per heavy atom. The molecule has 0 bridgehead atoms. The number of nitrogens with one attached hydrogen (secondary N) is 1. The SMILES string of the molecule is COc1cc(C)cc(C)c1S(=O)(=O)Nc1ccccc1C#N. The molecule has 2 aromatic carbocycles. The lowest BCUT2D eigenvalue weighted by Crippen LogP contribution is -2.16. The van der Waals surface area contributed by atoms with Gasteiger partial charge in [-0.25, -0.2) is 8.42 Å². The van der Waals surface area contributed by atoms with Crippen LogP contribution in [0.25, 0.3) is 0 Å². The molecular formula is C16H16N2O3S. The Morgan fingerprint density at radius 2 is 1.86 bits per heavy atom. The molecule has 0 fully saturated rings. The van der Waals surface area contributed by atoms with E-state index in [4.69, 9.17) is 10.00 Å². The minimum absolute atomic E-state index is 0.0772. The fraction of sp³-hybridized carbons (Fsp3) is 0.188. The van der Waals surface area contributed by atoms with E-state index in [1.54, 1.807) is 43.3 Å². The van der Waals surface area contributed by atoms with Crippen molar-refractivity contribution in [3.63, 3.8) is 0 Å². The molecule has 114 valence electrons. The van der Waals surface area contributed by atoms with Crippen LogP contribution in [0.4, 0.5) is 5.69 Å². The van der Waals surface area contributed by atoms with Gasteiger partial charge in [0.15, 0.2) is 0 Å². The molecule has 0 amide bonds. The van der Waals surface area contributed by atoms with Gasteiger partial charge in [-0.3, -0.25) is 4.72 Å². The average Bonchev–Trinajstić information content (AvgIpc) is 2.46. The van der Waals surface area contributed by atoms with Crippen LogP contribution in [0.3, 0.4) is 0 Å². The zero-order chi connectivity index (χ0) is 16.3. The van der Waals surface area contributed by atoms with Gasteiger partial charge in [-0.2, -0.15) is 5.26 Å². The second-order valence-electron chi connectivity index (χ2n) is 4.88. The van der Waals surface area contributed by atoms with Crippen molar-refractivity contribution in [1.82, 2.24) is 0 Å². The van der Waals surface area contributed by atoms with Gasteiger partial charge in [0.05, 0.1) is 18.4 Å². The van der Waals surface area contributed by atoms with Crippen molar-refractivity contribution in [3.05, 3.63) is 53.1 Å². The van der Waals surface area contributed by atoms with Crippen LogP contribution in [0.5, 0.6) is 5.75 Å². The Kier molecular flexibility index (Phi) is 4.38. The van der Waals surface area contributed by atoms with E-state index in [0.717, 1.165) is 5.56 Å². The Balaban J connectivity index is 2.55. The van der Waals surface area contributed by atoms with Crippen molar-refractivity contribution in [2.45, 2.75) is 18.7 Å². The molecule has 2 rings (SSSR count). The van der Waals surface area contributed by atoms with Crippen LogP contribution in [-0.4, -0.2) is 15.5 Å². The summed E-state index contributed by atoms with van der Waals surface area (Å²) >= 11 is 0. The number of methoxy groups -OCH3 is 1. The Hall–Kier alpha value is -2.52. The molecular weight excluding hydrogens is 300 g/mol. The van der Waals surface area contributed by atoms with Crippen LogP contribution >= 0.6 is 0 Å². The summed E-state index contributed by atoms with van der Waals surface area (Å²) in [6.07, 6.45) is 0. The first-order valence-corrected chi connectivity index (χ1v) is 8.04. The number of para-hydroxylation sites is 1. The van der Waals surface area contributed by atoms with Gasteiger partial charge in [-0.15, -0.1) is 0 Å². The van der Waals surface area contributed by atoms with Crippen molar-refractivity contribution in [3.8, 4) is 11.8 Å². The smallest absolute Gasteiger partial charge is 0.265 e. The summed E-state index contributed by atoms with van der Waals surface area (Å²) in [5.74, 6) is 0.277. The highest BCUT2D eigenvalue weighted by molar-refractivity contribution is 7.92. The molecule has 5 nitrogen and oxygen atoms in total. The third kappa shape index (κ3) is 3.05. The molecule has 0 aliphatic rings. The molecule has 0 saturated heterocycles. The molecule has 2 aromatic rings. The zero-order valence-electron chi connectivity index (χ0n) is 12.5. The van der Waals surface area contributed by atoms with E-state index < -0.39 is 10.0 Å². The van der Waals surface area contributed by atoms with E-state index >= 15 is 0 Å². The predicted molar refractivity (Wildman–Crippen MR) is 84.4 cm³/mol. The summed E-state index contributed by atoms with van der Waals surface area (Å²) in [5, 5.41) is 9.07. The highest BCUT2D eigenvalue weighted by atomic mass is 32.2. The Morgan fingerprint density at radius 1 is 1.18 bits per heavy atom. The third-order valence-electron chi connectivity index (χ3n) is 3.17. The third-order valence-corrected chi connectivity index (χ3v) is 4.71. The molecule has 0 aliphatic carbocycles. The van der Waals surface area contributed by atoms with Gasteiger partial charge >= 0.3 is 0 Å². The maximum atomic E-state index is 12.7. The standard InChI is InChI=1S/C16H16N2O3S/c1-11-8-12(2)16(15(9-11)21-3)22(19,20)18-14-7-5-4-6-13(14)10-17/h4-9,18H,1-3H3. The molecule has 0 heterocycles. The number of sulfonamides is 1. The van der Waals surface area contributed by atoms with Crippen LogP contribution in [-0.2, 0) is 10.0 Å². The van der Waals surface area contributed by atoms with Crippen LogP contribution < -0.4 is 9.46 Å². The minimum atomic E-state index is -3.86. The molecule has 0 saturated carbocycles. The lowest BCUT2D eigenvalue weighted by molar-refractivity contribution is 0.402. The fourth-order valence-electron chi connectivity index (χ4n) is 2.28. The summed E-state index contributed by atoms with van der Waals surface area (Å²) in [7, 11) is -2.44. The first kappa shape index (κ1) is 15.9. The number of nitriles is 1. The quantitative estimate of drug-likeness (QED) is 0.940. The van der Waals surface area contributed by atoms with Crippen molar-refractivity contribution < 1.29 is 13.2 Å². The molecule has 6 heteroatoms. The Bertz CT molecular complexity index is 852. The minimum Gasteiger partial charge on any atom is -0.495 e. The molecule has 1 N–H and O–H groups in total. The highest BCUT2D eigenvalue weighted by Crippen LogP contribution is 2.30. The number of hydrogen-bond donors (Lipinski definition) is 1. The summed E-state index contributed by atoms with van der Waals surface area (Å²) < 4.78 is 33.0. The van der Waals surface area contributed by atoms with Crippen molar-refractivity contribution in [2.24, 2.45) is 0 Å². The van der Waals surface area contributed by atoms with Crippen molar-refractivity contribution in [1.29, 1.82) is 5.26 Å². The lowest BCUT2D eigenvalue weighted by atomic mass is 10.1. The van der Waals surface area contributed by atoms with Crippen LogP contribution in [0.2, 0.25) is 0 Å². The predicted octanol–water partition coefficient (Wildman–Crippen LogP) is 2.98. The Labute approximate surface area is 130 Å². The van der Waals surface area contributed by atoms with E-state index in [9.17, 15) is 8.42 Å². The molecule has 0 aromatic heterocycles. The second-order valence-corrected chi connectivity index (χ2v) is 6.50. The van der Waals surface area contributed by atoms with E-state index in [-0.39, 0.29) is 21.9 Å².